The first-order chi connectivity index (χ1) is 5.86. The molecule has 0 aliphatic carbocycles. The summed E-state index contributed by atoms with van der Waals surface area (Å²) in [5.74, 6) is 1.81. The van der Waals surface area contributed by atoms with Gasteiger partial charge in [-0.3, -0.25) is 4.99 Å². The van der Waals surface area contributed by atoms with Crippen molar-refractivity contribution in [3.05, 3.63) is 0 Å². The van der Waals surface area contributed by atoms with Crippen LogP contribution < -0.4 is 0 Å². The lowest BCUT2D eigenvalue weighted by Crippen LogP contribution is -2.13. The van der Waals surface area contributed by atoms with Crippen LogP contribution in [0.2, 0.25) is 0 Å². The van der Waals surface area contributed by atoms with Crippen LogP contribution in [-0.4, -0.2) is 12.8 Å². The van der Waals surface area contributed by atoms with Crippen LogP contribution in [0.3, 0.4) is 0 Å². The molecular weight excluding hydrogens is 146 g/mol. The number of hydrogen-bond acceptors (Lipinski definition) is 1. The van der Waals surface area contributed by atoms with Crippen LogP contribution in [0.1, 0.15) is 46.0 Å². The van der Waals surface area contributed by atoms with Crippen molar-refractivity contribution in [1.82, 2.24) is 0 Å². The monoisotopic (exact) mass is 167 g/mol. The standard InChI is InChI=1S/C11H21N/c1-3-10-6-5-7-12-9-11(4-2)8-10/h7,10-11H,3-6,8-9H2,1-2H3. The van der Waals surface area contributed by atoms with E-state index >= 15 is 0 Å². The summed E-state index contributed by atoms with van der Waals surface area (Å²) >= 11 is 0. The zero-order valence-electron chi connectivity index (χ0n) is 8.42. The SMILES string of the molecule is CCC1CCC=NCC(CC)C1. The number of hydrogen-bond donors (Lipinski definition) is 0. The molecule has 0 saturated heterocycles. The second-order valence-corrected chi connectivity index (χ2v) is 3.91. The zero-order valence-corrected chi connectivity index (χ0v) is 8.42. The molecule has 1 heteroatoms. The first-order valence-corrected chi connectivity index (χ1v) is 5.35. The quantitative estimate of drug-likeness (QED) is 0.598. The summed E-state index contributed by atoms with van der Waals surface area (Å²) in [6.07, 6.45) is 8.75. The van der Waals surface area contributed by atoms with Crippen molar-refractivity contribution in [2.75, 3.05) is 6.54 Å². The summed E-state index contributed by atoms with van der Waals surface area (Å²) < 4.78 is 0. The molecule has 1 nitrogen and oxygen atoms in total. The minimum atomic E-state index is 0.853. The van der Waals surface area contributed by atoms with Gasteiger partial charge in [-0.25, -0.2) is 0 Å². The van der Waals surface area contributed by atoms with Gasteiger partial charge in [-0.15, -0.1) is 0 Å². The molecule has 1 aliphatic rings. The molecule has 0 aromatic carbocycles. The fourth-order valence-corrected chi connectivity index (χ4v) is 1.96. The number of aliphatic imine (C=N–C) groups is 1. The Morgan fingerprint density at radius 2 is 2.00 bits per heavy atom. The average molecular weight is 167 g/mol. The number of nitrogens with zero attached hydrogens (tertiary/aromatic N) is 1. The molecule has 12 heavy (non-hydrogen) atoms. The topological polar surface area (TPSA) is 12.4 Å². The van der Waals surface area contributed by atoms with Gasteiger partial charge in [0.05, 0.1) is 0 Å². The molecule has 70 valence electrons. The fraction of sp³-hybridized carbons (Fsp3) is 0.909. The van der Waals surface area contributed by atoms with E-state index in [1.807, 2.05) is 0 Å². The Labute approximate surface area is 76.3 Å². The molecule has 2 atom stereocenters. The van der Waals surface area contributed by atoms with Crippen molar-refractivity contribution in [3.8, 4) is 0 Å². The van der Waals surface area contributed by atoms with Crippen molar-refractivity contribution in [3.63, 3.8) is 0 Å². The molecule has 0 aromatic rings. The van der Waals surface area contributed by atoms with E-state index in [0.29, 0.717) is 0 Å². The first-order valence-electron chi connectivity index (χ1n) is 5.35. The van der Waals surface area contributed by atoms with Gasteiger partial charge in [0.25, 0.3) is 0 Å². The highest BCUT2D eigenvalue weighted by Gasteiger charge is 2.14. The van der Waals surface area contributed by atoms with Crippen LogP contribution in [0, 0.1) is 11.8 Å². The molecule has 0 N–H and O–H groups in total. The van der Waals surface area contributed by atoms with Crippen LogP contribution in [0.5, 0.6) is 0 Å². The van der Waals surface area contributed by atoms with Gasteiger partial charge in [-0.2, -0.15) is 0 Å². The minimum Gasteiger partial charge on any atom is -0.297 e. The maximum Gasteiger partial charge on any atom is 0.0413 e. The zero-order chi connectivity index (χ0) is 8.81. The van der Waals surface area contributed by atoms with Gasteiger partial charge < -0.3 is 0 Å². The lowest BCUT2D eigenvalue weighted by molar-refractivity contribution is 0.341. The molecule has 0 fully saturated rings. The van der Waals surface area contributed by atoms with E-state index in [4.69, 9.17) is 0 Å². The van der Waals surface area contributed by atoms with E-state index < -0.39 is 0 Å². The summed E-state index contributed by atoms with van der Waals surface area (Å²) in [5.41, 5.74) is 0. The van der Waals surface area contributed by atoms with Crippen molar-refractivity contribution >= 4 is 6.21 Å². The summed E-state index contributed by atoms with van der Waals surface area (Å²) in [4.78, 5) is 4.43. The van der Waals surface area contributed by atoms with Crippen LogP contribution >= 0.6 is 0 Å². The Bertz CT molecular complexity index is 140. The van der Waals surface area contributed by atoms with Crippen LogP contribution in [0.15, 0.2) is 4.99 Å². The minimum absolute atomic E-state index is 0.853. The third-order valence-corrected chi connectivity index (χ3v) is 3.02. The maximum absolute atomic E-state index is 4.43. The fourth-order valence-electron chi connectivity index (χ4n) is 1.96. The van der Waals surface area contributed by atoms with E-state index in [1.54, 1.807) is 0 Å². The highest BCUT2D eigenvalue weighted by atomic mass is 14.7. The van der Waals surface area contributed by atoms with E-state index in [2.05, 4.69) is 25.1 Å². The average Bonchev–Trinajstić information content (AvgIpc) is 2.05. The lowest BCUT2D eigenvalue weighted by Gasteiger charge is -2.21. The van der Waals surface area contributed by atoms with Gasteiger partial charge in [0.2, 0.25) is 0 Å². The molecule has 1 aliphatic heterocycles. The molecule has 0 radical (unpaired) electrons. The van der Waals surface area contributed by atoms with Crippen molar-refractivity contribution in [2.24, 2.45) is 16.8 Å². The second-order valence-electron chi connectivity index (χ2n) is 3.91. The van der Waals surface area contributed by atoms with Gasteiger partial charge in [-0.05, 0) is 37.3 Å². The van der Waals surface area contributed by atoms with Gasteiger partial charge in [0.1, 0.15) is 0 Å². The molecule has 0 saturated carbocycles. The van der Waals surface area contributed by atoms with Crippen molar-refractivity contribution < 1.29 is 0 Å². The van der Waals surface area contributed by atoms with Crippen molar-refractivity contribution in [2.45, 2.75) is 46.0 Å². The highest BCUT2D eigenvalue weighted by molar-refractivity contribution is 5.57. The molecule has 1 heterocycles. The molecular formula is C11H21N. The lowest BCUT2D eigenvalue weighted by atomic mass is 9.87. The third kappa shape index (κ3) is 2.96. The predicted octanol–water partition coefficient (Wildman–Crippen LogP) is 3.29. The summed E-state index contributed by atoms with van der Waals surface area (Å²) in [6.45, 7) is 5.68. The molecule has 0 spiro atoms. The Morgan fingerprint density at radius 3 is 2.67 bits per heavy atom. The van der Waals surface area contributed by atoms with E-state index in [-0.39, 0.29) is 0 Å². The Morgan fingerprint density at radius 1 is 1.25 bits per heavy atom. The first kappa shape index (κ1) is 9.76. The predicted molar refractivity (Wildman–Crippen MR) is 54.8 cm³/mol. The molecule has 1 rings (SSSR count). The van der Waals surface area contributed by atoms with Gasteiger partial charge in [0, 0.05) is 6.54 Å². The molecule has 0 bridgehead atoms. The second kappa shape index (κ2) is 5.34. The molecule has 0 amide bonds. The van der Waals surface area contributed by atoms with E-state index in [0.717, 1.165) is 18.4 Å². The van der Waals surface area contributed by atoms with Crippen molar-refractivity contribution in [1.29, 1.82) is 0 Å². The Balaban J connectivity index is 2.43. The van der Waals surface area contributed by atoms with Crippen LogP contribution in [0.4, 0.5) is 0 Å². The van der Waals surface area contributed by atoms with Crippen LogP contribution in [-0.2, 0) is 0 Å². The van der Waals surface area contributed by atoms with E-state index in [9.17, 15) is 0 Å². The van der Waals surface area contributed by atoms with E-state index in [1.165, 1.54) is 32.1 Å². The summed E-state index contributed by atoms with van der Waals surface area (Å²) in [6, 6.07) is 0. The Hall–Kier alpha value is -0.330. The maximum atomic E-state index is 4.43. The molecule has 2 unspecified atom stereocenters. The normalized spacial score (nSPS) is 31.2. The Kier molecular flexibility index (Phi) is 4.34. The summed E-state index contributed by atoms with van der Waals surface area (Å²) in [7, 11) is 0. The van der Waals surface area contributed by atoms with Gasteiger partial charge in [0.15, 0.2) is 0 Å². The number of rotatable bonds is 2. The molecule has 0 aromatic heterocycles. The van der Waals surface area contributed by atoms with Gasteiger partial charge in [-0.1, -0.05) is 26.7 Å². The van der Waals surface area contributed by atoms with Crippen LogP contribution in [0.25, 0.3) is 0 Å². The third-order valence-electron chi connectivity index (χ3n) is 3.02. The largest absolute Gasteiger partial charge is 0.297 e. The summed E-state index contributed by atoms with van der Waals surface area (Å²) in [5, 5.41) is 0. The van der Waals surface area contributed by atoms with Gasteiger partial charge >= 0.3 is 0 Å². The highest BCUT2D eigenvalue weighted by Crippen LogP contribution is 2.24. The smallest absolute Gasteiger partial charge is 0.0413 e.